The van der Waals surface area contributed by atoms with E-state index in [-0.39, 0.29) is 29.5 Å². The summed E-state index contributed by atoms with van der Waals surface area (Å²) in [4.78, 5) is 49.3. The number of morpholine rings is 1. The lowest BCUT2D eigenvalue weighted by Crippen LogP contribution is -2.65. The van der Waals surface area contributed by atoms with Crippen molar-refractivity contribution >= 4 is 24.8 Å². The molecule has 5 aliphatic rings. The van der Waals surface area contributed by atoms with Gasteiger partial charge in [0.15, 0.2) is 0 Å². The van der Waals surface area contributed by atoms with E-state index in [2.05, 4.69) is 41.4 Å². The Morgan fingerprint density at radius 1 is 1.15 bits per heavy atom. The predicted molar refractivity (Wildman–Crippen MR) is 142 cm³/mol. The Hall–Kier alpha value is -2.57. The quantitative estimate of drug-likeness (QED) is 0.449. The van der Waals surface area contributed by atoms with Gasteiger partial charge in [0.2, 0.25) is 11.8 Å². The van der Waals surface area contributed by atoms with Gasteiger partial charge in [0, 0.05) is 25.5 Å². The Labute approximate surface area is 230 Å². The maximum Gasteiger partial charge on any atom is 0.481 e. The molecule has 0 radical (unpaired) electrons. The summed E-state index contributed by atoms with van der Waals surface area (Å²) in [7, 11) is -0.592. The number of rotatable bonds is 9. The predicted octanol–water partition coefficient (Wildman–Crippen LogP) is 1.38. The third kappa shape index (κ3) is 5.43. The van der Waals surface area contributed by atoms with Crippen molar-refractivity contribution in [2.45, 2.75) is 83.5 Å². The summed E-state index contributed by atoms with van der Waals surface area (Å²) >= 11 is 0. The average Bonchev–Trinajstić information content (AvgIpc) is 3.30. The largest absolute Gasteiger partial charge is 0.481 e. The van der Waals surface area contributed by atoms with Crippen molar-refractivity contribution in [1.82, 2.24) is 25.5 Å². The van der Waals surface area contributed by atoms with Gasteiger partial charge >= 0.3 is 7.12 Å². The summed E-state index contributed by atoms with van der Waals surface area (Å²) in [6.45, 7) is 10.6. The second-order valence-electron chi connectivity index (χ2n) is 12.1. The van der Waals surface area contributed by atoms with Crippen LogP contribution in [0.2, 0.25) is 0 Å². The van der Waals surface area contributed by atoms with E-state index in [0.717, 1.165) is 19.3 Å². The molecule has 212 valence electrons. The van der Waals surface area contributed by atoms with Gasteiger partial charge in [-0.2, -0.15) is 0 Å². The molecule has 1 aromatic rings. The van der Waals surface area contributed by atoms with Gasteiger partial charge in [-0.05, 0) is 43.4 Å². The van der Waals surface area contributed by atoms with Crippen molar-refractivity contribution in [1.29, 1.82) is 0 Å². The van der Waals surface area contributed by atoms with Gasteiger partial charge in [-0.1, -0.05) is 27.2 Å². The average molecular weight is 541 g/mol. The molecule has 1 aromatic heterocycles. The molecular formula is C27H40BN5O6. The minimum absolute atomic E-state index is 0.00872. The van der Waals surface area contributed by atoms with Crippen LogP contribution in [0.4, 0.5) is 0 Å². The van der Waals surface area contributed by atoms with Gasteiger partial charge in [-0.3, -0.25) is 19.4 Å². The summed E-state index contributed by atoms with van der Waals surface area (Å²) in [6, 6.07) is -1.10. The molecule has 3 aliphatic carbocycles. The van der Waals surface area contributed by atoms with Crippen LogP contribution in [0.5, 0.6) is 0 Å². The molecule has 2 N–H and O–H groups in total. The van der Waals surface area contributed by atoms with E-state index in [1.807, 2.05) is 6.92 Å². The number of amides is 3. The highest BCUT2D eigenvalue weighted by Crippen LogP contribution is 2.65. The maximum atomic E-state index is 13.7. The first-order chi connectivity index (χ1) is 18.6. The first-order valence-electron chi connectivity index (χ1n) is 14.2. The van der Waals surface area contributed by atoms with E-state index in [9.17, 15) is 14.4 Å². The Morgan fingerprint density at radius 3 is 2.59 bits per heavy atom. The lowest BCUT2D eigenvalue weighted by Gasteiger charge is -2.64. The lowest BCUT2D eigenvalue weighted by molar-refractivity contribution is -0.199. The minimum Gasteiger partial charge on any atom is -0.404 e. The number of ether oxygens (including phenoxy) is 1. The SMILES string of the molecule is CCC[C@H](NC(=O)C(CC(=O)N1CCOCC1)NC(=O)c1cnccn1)B1O[C@@H]2C[C@@H]3C[C@@H](C3(C)C)[C@]2(C)O1. The van der Waals surface area contributed by atoms with Crippen molar-refractivity contribution < 1.29 is 28.4 Å². The molecule has 39 heavy (non-hydrogen) atoms. The fraction of sp³-hybridized carbons (Fsp3) is 0.741. The number of carbonyl (C=O) groups is 3. The van der Waals surface area contributed by atoms with Crippen molar-refractivity contribution in [3.63, 3.8) is 0 Å². The number of aromatic nitrogens is 2. The molecular weight excluding hydrogens is 501 g/mol. The summed E-state index contributed by atoms with van der Waals surface area (Å²) in [5.74, 6) is -0.641. The molecule has 3 saturated carbocycles. The first-order valence-corrected chi connectivity index (χ1v) is 14.2. The number of hydrogen-bond donors (Lipinski definition) is 2. The maximum absolute atomic E-state index is 13.7. The van der Waals surface area contributed by atoms with Crippen LogP contribution in [0.3, 0.4) is 0 Å². The summed E-state index contributed by atoms with van der Waals surface area (Å²) in [5.41, 5.74) is -0.117. The normalized spacial score (nSPS) is 30.5. The van der Waals surface area contributed by atoms with Crippen LogP contribution in [-0.4, -0.2) is 89.7 Å². The molecule has 11 nitrogen and oxygen atoms in total. The van der Waals surface area contributed by atoms with Gasteiger partial charge in [0.05, 0.1) is 43.5 Å². The Kier molecular flexibility index (Phi) is 7.99. The summed E-state index contributed by atoms with van der Waals surface area (Å²) < 4.78 is 18.4. The molecule has 3 heterocycles. The number of nitrogens with zero attached hydrogens (tertiary/aromatic N) is 3. The second-order valence-corrected chi connectivity index (χ2v) is 12.1. The van der Waals surface area contributed by atoms with Gasteiger partial charge in [0.25, 0.3) is 5.91 Å². The van der Waals surface area contributed by atoms with E-state index in [1.165, 1.54) is 18.6 Å². The van der Waals surface area contributed by atoms with E-state index >= 15 is 0 Å². The fourth-order valence-corrected chi connectivity index (χ4v) is 6.92. The third-order valence-electron chi connectivity index (χ3n) is 9.38. The van der Waals surface area contributed by atoms with Crippen molar-refractivity contribution in [3.8, 4) is 0 Å². The highest BCUT2D eigenvalue weighted by atomic mass is 16.7. The highest BCUT2D eigenvalue weighted by Gasteiger charge is 2.68. The standard InChI is InChI=1S/C27H40BN5O6/c1-5-6-22(28-38-21-14-17-13-20(26(17,2)3)27(21,4)39-28)32-24(35)18(15-23(34)33-9-11-37-12-10-33)31-25(36)19-16-29-7-8-30-19/h7-8,16-18,20-22H,5-6,9-15H2,1-4H3,(H,31,36)(H,32,35)/t17-,18?,20-,21+,22-,27-/m0/s1. The Morgan fingerprint density at radius 2 is 1.92 bits per heavy atom. The molecule has 6 rings (SSSR count). The summed E-state index contributed by atoms with van der Waals surface area (Å²) in [5, 5.41) is 5.78. The van der Waals surface area contributed by atoms with Gasteiger partial charge in [0.1, 0.15) is 11.7 Å². The van der Waals surface area contributed by atoms with Crippen LogP contribution < -0.4 is 10.6 Å². The van der Waals surface area contributed by atoms with E-state index in [0.29, 0.717) is 44.6 Å². The Bertz CT molecular complexity index is 1070. The molecule has 3 amide bonds. The second kappa shape index (κ2) is 11.1. The van der Waals surface area contributed by atoms with Gasteiger partial charge in [-0.15, -0.1) is 0 Å². The highest BCUT2D eigenvalue weighted by molar-refractivity contribution is 6.48. The Balaban J connectivity index is 1.30. The molecule has 0 spiro atoms. The van der Waals surface area contributed by atoms with Crippen molar-refractivity contribution in [2.75, 3.05) is 26.3 Å². The van der Waals surface area contributed by atoms with E-state index < -0.39 is 36.5 Å². The van der Waals surface area contributed by atoms with Crippen LogP contribution >= 0.6 is 0 Å². The topological polar surface area (TPSA) is 132 Å². The molecule has 0 aromatic carbocycles. The zero-order chi connectivity index (χ0) is 27.8. The molecule has 12 heteroatoms. The van der Waals surface area contributed by atoms with Crippen molar-refractivity contribution in [3.05, 3.63) is 24.3 Å². The molecule has 2 bridgehead atoms. The summed E-state index contributed by atoms with van der Waals surface area (Å²) in [6.07, 6.45) is 7.53. The number of carbonyl (C=O) groups excluding carboxylic acids is 3. The number of nitrogens with one attached hydrogen (secondary N) is 2. The van der Waals surface area contributed by atoms with Gasteiger partial charge < -0.3 is 29.6 Å². The molecule has 1 unspecified atom stereocenters. The first kappa shape index (κ1) is 28.0. The zero-order valence-corrected chi connectivity index (χ0v) is 23.4. The van der Waals surface area contributed by atoms with Crippen LogP contribution in [-0.2, 0) is 23.6 Å². The molecule has 2 aliphatic heterocycles. The molecule has 2 saturated heterocycles. The number of hydrogen-bond acceptors (Lipinski definition) is 8. The molecule has 5 fully saturated rings. The lowest BCUT2D eigenvalue weighted by atomic mass is 9.43. The van der Waals surface area contributed by atoms with Crippen LogP contribution in [0, 0.1) is 17.3 Å². The van der Waals surface area contributed by atoms with Crippen LogP contribution in [0.15, 0.2) is 18.6 Å². The van der Waals surface area contributed by atoms with Crippen LogP contribution in [0.1, 0.15) is 70.3 Å². The van der Waals surface area contributed by atoms with Crippen LogP contribution in [0.25, 0.3) is 0 Å². The van der Waals surface area contributed by atoms with E-state index in [1.54, 1.807) is 4.90 Å². The zero-order valence-electron chi connectivity index (χ0n) is 23.4. The van der Waals surface area contributed by atoms with Crippen molar-refractivity contribution in [2.24, 2.45) is 17.3 Å². The fourth-order valence-electron chi connectivity index (χ4n) is 6.92. The minimum atomic E-state index is -1.10. The van der Waals surface area contributed by atoms with E-state index in [4.69, 9.17) is 14.0 Å². The third-order valence-corrected chi connectivity index (χ3v) is 9.38. The van der Waals surface area contributed by atoms with Gasteiger partial charge in [-0.25, -0.2) is 4.98 Å². The monoisotopic (exact) mass is 541 g/mol. The smallest absolute Gasteiger partial charge is 0.404 e. The molecule has 6 atom stereocenters.